The molecule has 3 nitrogen and oxygen atoms in total. The molecule has 0 bridgehead atoms. The van der Waals surface area contributed by atoms with Gasteiger partial charge in [0, 0.05) is 6.42 Å². The zero-order valence-electron chi connectivity index (χ0n) is 13.9. The van der Waals surface area contributed by atoms with Crippen LogP contribution in [0.25, 0.3) is 0 Å². The second kappa shape index (κ2) is 8.52. The predicted molar refractivity (Wildman–Crippen MR) is 88.3 cm³/mol. The molecule has 5 atom stereocenters. The lowest BCUT2D eigenvalue weighted by molar-refractivity contribution is -0.135. The van der Waals surface area contributed by atoms with Gasteiger partial charge in [0.2, 0.25) is 0 Å². The Balaban J connectivity index is 1.95. The number of fused-ring (bicyclic) bond motifs is 1. The smallest absolute Gasteiger partial charge is 0.293 e. The van der Waals surface area contributed by atoms with E-state index in [4.69, 9.17) is 4.74 Å². The van der Waals surface area contributed by atoms with E-state index in [9.17, 15) is 9.90 Å². The molecule has 2 rings (SSSR count). The first-order valence-electron chi connectivity index (χ1n) is 8.81. The summed E-state index contributed by atoms with van der Waals surface area (Å²) < 4.78 is 5.20. The Morgan fingerprint density at radius 1 is 1.50 bits per heavy atom. The van der Waals surface area contributed by atoms with Crippen molar-refractivity contribution in [3.05, 3.63) is 23.8 Å². The van der Waals surface area contributed by atoms with Gasteiger partial charge < -0.3 is 9.84 Å². The zero-order chi connectivity index (χ0) is 15.9. The molecule has 0 aromatic rings. The number of hydrogen-bond donors (Lipinski definition) is 1. The van der Waals surface area contributed by atoms with E-state index in [2.05, 4.69) is 25.2 Å². The van der Waals surface area contributed by atoms with E-state index in [1.807, 2.05) is 6.92 Å². The molecule has 1 N–H and O–H groups in total. The van der Waals surface area contributed by atoms with Crippen LogP contribution in [-0.4, -0.2) is 23.8 Å². The average molecular weight is 306 g/mol. The Kier molecular flexibility index (Phi) is 6.69. The Labute approximate surface area is 134 Å². The molecule has 0 saturated carbocycles. The number of carbonyl (C=O) groups excluding carboxylic acids is 1. The minimum absolute atomic E-state index is 0.151. The molecular weight excluding hydrogens is 276 g/mol. The molecule has 2 aliphatic rings. The van der Waals surface area contributed by atoms with Crippen molar-refractivity contribution >= 4 is 6.47 Å². The van der Waals surface area contributed by atoms with Gasteiger partial charge >= 0.3 is 0 Å². The topological polar surface area (TPSA) is 46.5 Å². The van der Waals surface area contributed by atoms with Crippen LogP contribution in [0.5, 0.6) is 0 Å². The fraction of sp³-hybridized carbons (Fsp3) is 0.737. The van der Waals surface area contributed by atoms with Gasteiger partial charge in [0.1, 0.15) is 6.10 Å². The number of allylic oxidation sites excluding steroid dienone is 4. The van der Waals surface area contributed by atoms with Crippen molar-refractivity contribution < 1.29 is 14.6 Å². The molecule has 22 heavy (non-hydrogen) atoms. The maximum atomic E-state index is 10.7. The second-order valence-electron chi connectivity index (χ2n) is 6.85. The van der Waals surface area contributed by atoms with E-state index in [1.165, 1.54) is 24.8 Å². The second-order valence-corrected chi connectivity index (χ2v) is 6.85. The standard InChI is InChI=1S/C19H30O3/c1-3-16(21)12-17(22-13-20)10-11-18-14(2)8-9-15-6-4-5-7-19(15)18/h6,8-9,13-14,16-19,21H,3-5,7,10-12H2,1-2H3. The van der Waals surface area contributed by atoms with Crippen molar-refractivity contribution in [3.63, 3.8) is 0 Å². The third kappa shape index (κ3) is 4.45. The van der Waals surface area contributed by atoms with Crippen LogP contribution < -0.4 is 0 Å². The van der Waals surface area contributed by atoms with Crippen LogP contribution in [0, 0.1) is 17.8 Å². The summed E-state index contributed by atoms with van der Waals surface area (Å²) >= 11 is 0. The molecule has 0 spiro atoms. The molecule has 0 radical (unpaired) electrons. The Hall–Kier alpha value is -1.09. The Bertz CT molecular complexity index is 413. The van der Waals surface area contributed by atoms with Crippen LogP contribution in [0.1, 0.15) is 58.8 Å². The highest BCUT2D eigenvalue weighted by Crippen LogP contribution is 2.42. The molecular formula is C19H30O3. The van der Waals surface area contributed by atoms with Crippen molar-refractivity contribution in [2.75, 3.05) is 0 Å². The van der Waals surface area contributed by atoms with Crippen molar-refractivity contribution in [3.8, 4) is 0 Å². The van der Waals surface area contributed by atoms with Crippen LogP contribution in [0.3, 0.4) is 0 Å². The third-order valence-corrected chi connectivity index (χ3v) is 5.39. The first kappa shape index (κ1) is 17.3. The number of rotatable bonds is 8. The molecule has 124 valence electrons. The van der Waals surface area contributed by atoms with Gasteiger partial charge in [-0.2, -0.15) is 0 Å². The van der Waals surface area contributed by atoms with Gasteiger partial charge in [-0.3, -0.25) is 4.79 Å². The molecule has 0 saturated heterocycles. The number of hydrogen-bond acceptors (Lipinski definition) is 3. The quantitative estimate of drug-likeness (QED) is 0.689. The predicted octanol–water partition coefficient (Wildman–Crippen LogP) is 4.02. The molecule has 0 aromatic heterocycles. The first-order chi connectivity index (χ1) is 10.7. The first-order valence-corrected chi connectivity index (χ1v) is 8.81. The molecule has 3 heteroatoms. The maximum Gasteiger partial charge on any atom is 0.293 e. The minimum atomic E-state index is -0.376. The Morgan fingerprint density at radius 2 is 2.32 bits per heavy atom. The zero-order valence-corrected chi connectivity index (χ0v) is 13.9. The lowest BCUT2D eigenvalue weighted by Gasteiger charge is -2.37. The summed E-state index contributed by atoms with van der Waals surface area (Å²) in [6.07, 6.45) is 13.4. The minimum Gasteiger partial charge on any atom is -0.464 e. The van der Waals surface area contributed by atoms with Crippen LogP contribution in [0.15, 0.2) is 23.8 Å². The van der Waals surface area contributed by atoms with Crippen molar-refractivity contribution in [2.45, 2.75) is 71.0 Å². The molecule has 2 aliphatic carbocycles. The largest absolute Gasteiger partial charge is 0.464 e. The third-order valence-electron chi connectivity index (χ3n) is 5.39. The highest BCUT2D eigenvalue weighted by Gasteiger charge is 2.32. The van der Waals surface area contributed by atoms with E-state index in [-0.39, 0.29) is 12.2 Å². The van der Waals surface area contributed by atoms with E-state index >= 15 is 0 Å². The molecule has 5 unspecified atom stereocenters. The number of ether oxygens (including phenoxy) is 1. The summed E-state index contributed by atoms with van der Waals surface area (Å²) in [4.78, 5) is 10.7. The SMILES string of the molecule is CCC(O)CC(CCC1C(C)C=CC2=CCCCC21)OC=O. The normalized spacial score (nSPS) is 30.1. The van der Waals surface area contributed by atoms with Gasteiger partial charge in [-0.15, -0.1) is 0 Å². The van der Waals surface area contributed by atoms with E-state index in [0.29, 0.717) is 37.1 Å². The van der Waals surface area contributed by atoms with Crippen LogP contribution in [0.4, 0.5) is 0 Å². The summed E-state index contributed by atoms with van der Waals surface area (Å²) in [5, 5.41) is 9.82. The summed E-state index contributed by atoms with van der Waals surface area (Å²) in [5.74, 6) is 1.88. The fourth-order valence-corrected chi connectivity index (χ4v) is 3.98. The maximum absolute atomic E-state index is 10.7. The van der Waals surface area contributed by atoms with E-state index in [0.717, 1.165) is 12.8 Å². The van der Waals surface area contributed by atoms with Crippen LogP contribution >= 0.6 is 0 Å². The molecule has 0 heterocycles. The van der Waals surface area contributed by atoms with Crippen molar-refractivity contribution in [1.29, 1.82) is 0 Å². The van der Waals surface area contributed by atoms with Gasteiger partial charge in [0.25, 0.3) is 6.47 Å². The summed E-state index contributed by atoms with van der Waals surface area (Å²) in [6, 6.07) is 0. The van der Waals surface area contributed by atoms with E-state index < -0.39 is 0 Å². The molecule has 0 fully saturated rings. The van der Waals surface area contributed by atoms with Gasteiger partial charge in [-0.05, 0) is 61.9 Å². The highest BCUT2D eigenvalue weighted by molar-refractivity contribution is 5.37. The van der Waals surface area contributed by atoms with Crippen molar-refractivity contribution in [1.82, 2.24) is 0 Å². The van der Waals surface area contributed by atoms with Gasteiger partial charge in [0.05, 0.1) is 6.10 Å². The summed E-state index contributed by atoms with van der Waals surface area (Å²) in [6.45, 7) is 4.78. The monoisotopic (exact) mass is 306 g/mol. The van der Waals surface area contributed by atoms with Gasteiger partial charge in [-0.25, -0.2) is 0 Å². The van der Waals surface area contributed by atoms with Crippen LogP contribution in [0.2, 0.25) is 0 Å². The summed E-state index contributed by atoms with van der Waals surface area (Å²) in [7, 11) is 0. The molecule has 0 aliphatic heterocycles. The number of aliphatic hydroxyl groups is 1. The number of aliphatic hydroxyl groups excluding tert-OH is 1. The fourth-order valence-electron chi connectivity index (χ4n) is 3.98. The molecule has 0 amide bonds. The van der Waals surface area contributed by atoms with E-state index in [1.54, 1.807) is 0 Å². The van der Waals surface area contributed by atoms with Gasteiger partial charge in [0.15, 0.2) is 0 Å². The Morgan fingerprint density at radius 3 is 3.05 bits per heavy atom. The van der Waals surface area contributed by atoms with Crippen LogP contribution in [-0.2, 0) is 9.53 Å². The molecule has 0 aromatic carbocycles. The lowest BCUT2D eigenvalue weighted by Crippen LogP contribution is -2.29. The average Bonchev–Trinajstić information content (AvgIpc) is 2.53. The highest BCUT2D eigenvalue weighted by atomic mass is 16.5. The lowest BCUT2D eigenvalue weighted by atomic mass is 9.68. The van der Waals surface area contributed by atoms with Gasteiger partial charge in [-0.1, -0.05) is 32.1 Å². The number of carbonyl (C=O) groups is 1. The summed E-state index contributed by atoms with van der Waals surface area (Å²) in [5.41, 5.74) is 1.51. The van der Waals surface area contributed by atoms with Crippen molar-refractivity contribution in [2.24, 2.45) is 17.8 Å².